The van der Waals surface area contributed by atoms with Crippen LogP contribution in [0.4, 0.5) is 0 Å². The van der Waals surface area contributed by atoms with Crippen LogP contribution in [0.3, 0.4) is 0 Å². The molecule has 0 aromatic heterocycles. The predicted octanol–water partition coefficient (Wildman–Crippen LogP) is 3.73. The van der Waals surface area contributed by atoms with Crippen molar-refractivity contribution in [2.45, 2.75) is 32.1 Å². The van der Waals surface area contributed by atoms with E-state index >= 15 is 0 Å². The van der Waals surface area contributed by atoms with Crippen molar-refractivity contribution in [2.75, 3.05) is 5.33 Å². The highest BCUT2D eigenvalue weighted by Crippen LogP contribution is 2.50. The molecule has 2 rings (SSSR count). The van der Waals surface area contributed by atoms with Gasteiger partial charge >= 0.3 is 0 Å². The second-order valence-corrected chi connectivity index (χ2v) is 4.79. The molecule has 0 radical (unpaired) electrons. The van der Waals surface area contributed by atoms with Gasteiger partial charge in [0.05, 0.1) is 0 Å². The van der Waals surface area contributed by atoms with Crippen molar-refractivity contribution in [1.29, 1.82) is 0 Å². The average Bonchev–Trinajstić information content (AvgIpc) is 2.90. The van der Waals surface area contributed by atoms with Crippen LogP contribution in [0.5, 0.6) is 0 Å². The summed E-state index contributed by atoms with van der Waals surface area (Å²) in [5.74, 6) is 0. The van der Waals surface area contributed by atoms with Gasteiger partial charge in [0.25, 0.3) is 0 Å². The number of alkyl halides is 1. The Hall–Kier alpha value is -0.300. The number of halogens is 1. The maximum absolute atomic E-state index is 3.63. The smallest absolute Gasteiger partial charge is 0.0129 e. The third-order valence-electron chi connectivity index (χ3n) is 3.07. The van der Waals surface area contributed by atoms with Gasteiger partial charge in [-0.15, -0.1) is 0 Å². The molecule has 0 heterocycles. The summed E-state index contributed by atoms with van der Waals surface area (Å²) in [6.45, 7) is 4.39. The summed E-state index contributed by atoms with van der Waals surface area (Å²) in [6, 6.07) is 6.79. The first-order valence-electron chi connectivity index (χ1n) is 4.82. The number of rotatable bonds is 2. The first-order valence-corrected chi connectivity index (χ1v) is 5.94. The molecule has 1 aromatic rings. The van der Waals surface area contributed by atoms with E-state index in [0.717, 1.165) is 5.33 Å². The molecule has 0 unspecified atom stereocenters. The average molecular weight is 239 g/mol. The van der Waals surface area contributed by atoms with Crippen LogP contribution in [0, 0.1) is 13.8 Å². The molecule has 1 saturated carbocycles. The molecule has 70 valence electrons. The van der Waals surface area contributed by atoms with Gasteiger partial charge in [0.15, 0.2) is 0 Å². The van der Waals surface area contributed by atoms with Crippen molar-refractivity contribution in [3.05, 3.63) is 34.9 Å². The first kappa shape index (κ1) is 9.26. The van der Waals surface area contributed by atoms with Crippen molar-refractivity contribution < 1.29 is 0 Å². The zero-order valence-corrected chi connectivity index (χ0v) is 9.82. The molecule has 0 N–H and O–H groups in total. The Labute approximate surface area is 88.5 Å². The molecular formula is C12H15Br. The minimum atomic E-state index is 0.482. The molecule has 1 fully saturated rings. The van der Waals surface area contributed by atoms with E-state index in [9.17, 15) is 0 Å². The number of aryl methyl sites for hydroxylation is 2. The van der Waals surface area contributed by atoms with Crippen LogP contribution >= 0.6 is 15.9 Å². The van der Waals surface area contributed by atoms with Gasteiger partial charge in [-0.3, -0.25) is 0 Å². The molecule has 1 aliphatic carbocycles. The summed E-state index contributed by atoms with van der Waals surface area (Å²) in [7, 11) is 0. The van der Waals surface area contributed by atoms with Gasteiger partial charge < -0.3 is 0 Å². The number of hydrogen-bond donors (Lipinski definition) is 0. The van der Waals surface area contributed by atoms with Gasteiger partial charge in [0.1, 0.15) is 0 Å². The topological polar surface area (TPSA) is 0 Å². The van der Waals surface area contributed by atoms with E-state index in [1.165, 1.54) is 24.0 Å². The van der Waals surface area contributed by atoms with Crippen molar-refractivity contribution in [3.8, 4) is 0 Å². The Morgan fingerprint density at radius 1 is 1.31 bits per heavy atom. The SMILES string of the molecule is Cc1ccc(C)c(C2(CBr)CC2)c1. The summed E-state index contributed by atoms with van der Waals surface area (Å²) in [5, 5.41) is 1.12. The lowest BCUT2D eigenvalue weighted by Crippen LogP contribution is -2.10. The second kappa shape index (κ2) is 3.13. The number of hydrogen-bond acceptors (Lipinski definition) is 0. The summed E-state index contributed by atoms with van der Waals surface area (Å²) in [5.41, 5.74) is 4.87. The lowest BCUT2D eigenvalue weighted by Gasteiger charge is -2.15. The minimum absolute atomic E-state index is 0.482. The Balaban J connectivity index is 2.44. The highest BCUT2D eigenvalue weighted by Gasteiger charge is 2.43. The maximum atomic E-state index is 3.63. The van der Waals surface area contributed by atoms with Gasteiger partial charge in [-0.25, -0.2) is 0 Å². The van der Waals surface area contributed by atoms with Gasteiger partial charge in [-0.1, -0.05) is 39.7 Å². The van der Waals surface area contributed by atoms with E-state index < -0.39 is 0 Å². The monoisotopic (exact) mass is 238 g/mol. The van der Waals surface area contributed by atoms with Crippen molar-refractivity contribution in [1.82, 2.24) is 0 Å². The van der Waals surface area contributed by atoms with Crippen LogP contribution < -0.4 is 0 Å². The lowest BCUT2D eigenvalue weighted by atomic mass is 9.92. The standard InChI is InChI=1S/C12H15Br/c1-9-3-4-10(2)11(7-9)12(8-13)5-6-12/h3-4,7H,5-6,8H2,1-2H3. The van der Waals surface area contributed by atoms with E-state index in [4.69, 9.17) is 0 Å². The van der Waals surface area contributed by atoms with Gasteiger partial charge in [0.2, 0.25) is 0 Å². The van der Waals surface area contributed by atoms with Gasteiger partial charge in [-0.2, -0.15) is 0 Å². The minimum Gasteiger partial charge on any atom is -0.0918 e. The van der Waals surface area contributed by atoms with Crippen LogP contribution in [-0.4, -0.2) is 5.33 Å². The summed E-state index contributed by atoms with van der Waals surface area (Å²) >= 11 is 3.63. The molecule has 0 spiro atoms. The Morgan fingerprint density at radius 3 is 2.54 bits per heavy atom. The fourth-order valence-corrected chi connectivity index (χ4v) is 2.80. The third kappa shape index (κ3) is 1.54. The first-order chi connectivity index (χ1) is 6.18. The molecule has 0 aliphatic heterocycles. The van der Waals surface area contributed by atoms with E-state index in [-0.39, 0.29) is 0 Å². The van der Waals surface area contributed by atoms with E-state index in [1.54, 1.807) is 5.56 Å². The van der Waals surface area contributed by atoms with Crippen LogP contribution in [-0.2, 0) is 5.41 Å². The Kier molecular flexibility index (Phi) is 2.23. The molecule has 0 atom stereocenters. The number of benzene rings is 1. The highest BCUT2D eigenvalue weighted by atomic mass is 79.9. The summed E-state index contributed by atoms with van der Waals surface area (Å²) in [6.07, 6.45) is 2.70. The van der Waals surface area contributed by atoms with Crippen LogP contribution in [0.15, 0.2) is 18.2 Å². The van der Waals surface area contributed by atoms with Crippen LogP contribution in [0.1, 0.15) is 29.5 Å². The lowest BCUT2D eigenvalue weighted by molar-refractivity contribution is 0.799. The Morgan fingerprint density at radius 2 is 2.00 bits per heavy atom. The molecule has 0 bridgehead atoms. The Bertz CT molecular complexity index is 324. The quantitative estimate of drug-likeness (QED) is 0.690. The van der Waals surface area contributed by atoms with Crippen molar-refractivity contribution in [3.63, 3.8) is 0 Å². The molecule has 0 nitrogen and oxygen atoms in total. The normalized spacial score (nSPS) is 18.7. The molecule has 1 aliphatic rings. The largest absolute Gasteiger partial charge is 0.0918 e. The molecule has 1 heteroatoms. The fourth-order valence-electron chi connectivity index (χ4n) is 1.93. The maximum Gasteiger partial charge on any atom is 0.0129 e. The fraction of sp³-hybridized carbons (Fsp3) is 0.500. The molecule has 0 saturated heterocycles. The molecular weight excluding hydrogens is 224 g/mol. The van der Waals surface area contributed by atoms with Gasteiger partial charge in [-0.05, 0) is 37.8 Å². The van der Waals surface area contributed by atoms with Crippen molar-refractivity contribution >= 4 is 15.9 Å². The third-order valence-corrected chi connectivity index (χ3v) is 4.15. The molecule has 1 aromatic carbocycles. The molecule has 0 amide bonds. The van der Waals surface area contributed by atoms with Crippen LogP contribution in [0.25, 0.3) is 0 Å². The summed E-state index contributed by atoms with van der Waals surface area (Å²) in [4.78, 5) is 0. The van der Waals surface area contributed by atoms with Crippen LogP contribution in [0.2, 0.25) is 0 Å². The molecule has 13 heavy (non-hydrogen) atoms. The van der Waals surface area contributed by atoms with E-state index in [2.05, 4.69) is 48.0 Å². The second-order valence-electron chi connectivity index (χ2n) is 4.23. The zero-order chi connectivity index (χ0) is 9.47. The summed E-state index contributed by atoms with van der Waals surface area (Å²) < 4.78 is 0. The highest BCUT2D eigenvalue weighted by molar-refractivity contribution is 9.09. The van der Waals surface area contributed by atoms with Crippen molar-refractivity contribution in [2.24, 2.45) is 0 Å². The van der Waals surface area contributed by atoms with E-state index in [0.29, 0.717) is 5.41 Å². The van der Waals surface area contributed by atoms with Gasteiger partial charge in [0, 0.05) is 10.7 Å². The predicted molar refractivity (Wildman–Crippen MR) is 60.6 cm³/mol. The zero-order valence-electron chi connectivity index (χ0n) is 8.23. The van der Waals surface area contributed by atoms with E-state index in [1.807, 2.05) is 0 Å².